The molecule has 3 heteroatoms. The molecule has 0 aliphatic heterocycles. The minimum Gasteiger partial charge on any atom is -0.461 e. The molecule has 1 aromatic heterocycles. The van der Waals surface area contributed by atoms with Crippen molar-refractivity contribution in [3.63, 3.8) is 0 Å². The number of amides is 1. The molecule has 3 nitrogen and oxygen atoms in total. The molecule has 1 heterocycles. The van der Waals surface area contributed by atoms with Crippen molar-refractivity contribution in [2.45, 2.75) is 39.5 Å². The van der Waals surface area contributed by atoms with E-state index in [0.717, 1.165) is 28.0 Å². The van der Waals surface area contributed by atoms with Crippen molar-refractivity contribution in [2.75, 3.05) is 5.32 Å². The maximum atomic E-state index is 12.4. The largest absolute Gasteiger partial charge is 0.461 e. The average molecular weight is 321 g/mol. The lowest BCUT2D eigenvalue weighted by atomic mass is 9.87. The van der Waals surface area contributed by atoms with Gasteiger partial charge in [0, 0.05) is 16.6 Å². The average Bonchev–Trinajstić information content (AvgIpc) is 2.83. The third-order valence-corrected chi connectivity index (χ3v) is 4.27. The van der Waals surface area contributed by atoms with Crippen LogP contribution in [0.4, 0.5) is 5.69 Å². The zero-order chi connectivity index (χ0) is 17.3. The molecular weight excluding hydrogens is 298 g/mol. The minimum atomic E-state index is -0.0341. The number of furan rings is 1. The van der Waals surface area contributed by atoms with Crippen molar-refractivity contribution in [1.29, 1.82) is 0 Å². The van der Waals surface area contributed by atoms with Crippen molar-refractivity contribution >= 4 is 22.6 Å². The Balaban J connectivity index is 1.74. The fourth-order valence-electron chi connectivity index (χ4n) is 2.86. The zero-order valence-corrected chi connectivity index (χ0v) is 14.6. The van der Waals surface area contributed by atoms with Gasteiger partial charge in [0.2, 0.25) is 5.91 Å². The molecule has 0 spiro atoms. The van der Waals surface area contributed by atoms with E-state index in [9.17, 15) is 4.79 Å². The van der Waals surface area contributed by atoms with Crippen LogP contribution in [0.15, 0.2) is 52.9 Å². The molecule has 0 saturated heterocycles. The number of fused-ring (bicyclic) bond motifs is 1. The summed E-state index contributed by atoms with van der Waals surface area (Å²) in [5.74, 6) is 0.766. The number of carbonyl (C=O) groups excluding carboxylic acids is 1. The van der Waals surface area contributed by atoms with Crippen molar-refractivity contribution in [3.8, 4) is 0 Å². The molecule has 0 atom stereocenters. The van der Waals surface area contributed by atoms with Gasteiger partial charge in [0.25, 0.3) is 0 Å². The van der Waals surface area contributed by atoms with Crippen LogP contribution in [-0.2, 0) is 16.6 Å². The summed E-state index contributed by atoms with van der Waals surface area (Å²) in [5.41, 5.74) is 3.95. The topological polar surface area (TPSA) is 42.2 Å². The molecule has 0 radical (unpaired) electrons. The van der Waals surface area contributed by atoms with Gasteiger partial charge >= 0.3 is 0 Å². The standard InChI is InChI=1S/C21H23NO2/c1-14-18(17-7-5-6-8-19(17)24-14)13-20(23)22-16-11-9-15(10-12-16)21(2,3)4/h5-12H,13H2,1-4H3,(H,22,23). The Labute approximate surface area is 142 Å². The first-order chi connectivity index (χ1) is 11.3. The van der Waals surface area contributed by atoms with Crippen LogP contribution in [0.1, 0.15) is 37.7 Å². The number of nitrogens with one attached hydrogen (secondary N) is 1. The molecule has 0 fully saturated rings. The molecule has 3 rings (SSSR count). The monoisotopic (exact) mass is 321 g/mol. The molecule has 0 bridgehead atoms. The second-order valence-corrected chi connectivity index (χ2v) is 7.19. The van der Waals surface area contributed by atoms with Gasteiger partial charge in [-0.15, -0.1) is 0 Å². The maximum Gasteiger partial charge on any atom is 0.228 e. The number of hydrogen-bond acceptors (Lipinski definition) is 2. The van der Waals surface area contributed by atoms with Crippen LogP contribution < -0.4 is 5.32 Å². The summed E-state index contributed by atoms with van der Waals surface area (Å²) >= 11 is 0. The first-order valence-corrected chi connectivity index (χ1v) is 8.22. The van der Waals surface area contributed by atoms with Gasteiger partial charge in [0.1, 0.15) is 11.3 Å². The summed E-state index contributed by atoms with van der Waals surface area (Å²) in [5, 5.41) is 3.98. The molecule has 0 saturated carbocycles. The van der Waals surface area contributed by atoms with Gasteiger partial charge in [-0.25, -0.2) is 0 Å². The van der Waals surface area contributed by atoms with Gasteiger partial charge in [-0.1, -0.05) is 51.1 Å². The molecule has 0 aliphatic rings. The summed E-state index contributed by atoms with van der Waals surface area (Å²) < 4.78 is 5.72. The summed E-state index contributed by atoms with van der Waals surface area (Å²) in [6.07, 6.45) is 0.309. The number of rotatable bonds is 3. The number of anilines is 1. The van der Waals surface area contributed by atoms with E-state index in [1.807, 2.05) is 43.3 Å². The van der Waals surface area contributed by atoms with Crippen LogP contribution in [0.5, 0.6) is 0 Å². The van der Waals surface area contributed by atoms with Crippen LogP contribution in [-0.4, -0.2) is 5.91 Å². The molecule has 0 aliphatic carbocycles. The Bertz CT molecular complexity index is 867. The van der Waals surface area contributed by atoms with Gasteiger partial charge in [-0.2, -0.15) is 0 Å². The van der Waals surface area contributed by atoms with Crippen LogP contribution in [0.3, 0.4) is 0 Å². The second-order valence-electron chi connectivity index (χ2n) is 7.19. The third kappa shape index (κ3) is 3.35. The number of aryl methyl sites for hydroxylation is 1. The number of benzene rings is 2. The van der Waals surface area contributed by atoms with Gasteiger partial charge in [-0.05, 0) is 36.1 Å². The van der Waals surface area contributed by atoms with Crippen molar-refractivity contribution in [1.82, 2.24) is 0 Å². The van der Waals surface area contributed by atoms with Crippen LogP contribution >= 0.6 is 0 Å². The van der Waals surface area contributed by atoms with Crippen molar-refractivity contribution in [3.05, 3.63) is 65.4 Å². The lowest BCUT2D eigenvalue weighted by Gasteiger charge is -2.19. The highest BCUT2D eigenvalue weighted by molar-refractivity contribution is 5.95. The van der Waals surface area contributed by atoms with E-state index in [-0.39, 0.29) is 11.3 Å². The normalized spacial score (nSPS) is 11.7. The molecule has 2 aromatic carbocycles. The van der Waals surface area contributed by atoms with E-state index in [1.54, 1.807) is 0 Å². The molecule has 24 heavy (non-hydrogen) atoms. The van der Waals surface area contributed by atoms with E-state index < -0.39 is 0 Å². The van der Waals surface area contributed by atoms with E-state index >= 15 is 0 Å². The SMILES string of the molecule is Cc1oc2ccccc2c1CC(=O)Nc1ccc(C(C)(C)C)cc1. The van der Waals surface area contributed by atoms with Crippen LogP contribution in [0, 0.1) is 6.92 Å². The van der Waals surface area contributed by atoms with Crippen molar-refractivity contribution < 1.29 is 9.21 Å². The highest BCUT2D eigenvalue weighted by Crippen LogP contribution is 2.26. The summed E-state index contributed by atoms with van der Waals surface area (Å²) in [4.78, 5) is 12.4. The van der Waals surface area contributed by atoms with E-state index in [0.29, 0.717) is 6.42 Å². The van der Waals surface area contributed by atoms with E-state index in [1.165, 1.54) is 5.56 Å². The Morgan fingerprint density at radius 1 is 1.04 bits per heavy atom. The predicted octanol–water partition coefficient (Wildman–Crippen LogP) is 5.22. The number of carbonyl (C=O) groups is 1. The van der Waals surface area contributed by atoms with Crippen molar-refractivity contribution in [2.24, 2.45) is 0 Å². The quantitative estimate of drug-likeness (QED) is 0.718. The Hall–Kier alpha value is -2.55. The highest BCUT2D eigenvalue weighted by Gasteiger charge is 2.15. The third-order valence-electron chi connectivity index (χ3n) is 4.27. The van der Waals surface area contributed by atoms with Gasteiger partial charge in [-0.3, -0.25) is 4.79 Å². The first-order valence-electron chi connectivity index (χ1n) is 8.22. The zero-order valence-electron chi connectivity index (χ0n) is 14.6. The molecule has 3 aromatic rings. The molecule has 124 valence electrons. The van der Waals surface area contributed by atoms with Gasteiger partial charge in [0.05, 0.1) is 6.42 Å². The lowest BCUT2D eigenvalue weighted by molar-refractivity contribution is -0.115. The summed E-state index contributed by atoms with van der Waals surface area (Å²) in [6.45, 7) is 8.43. The first kappa shape index (κ1) is 16.3. The number of hydrogen-bond donors (Lipinski definition) is 1. The lowest BCUT2D eigenvalue weighted by Crippen LogP contribution is -2.15. The molecular formula is C21H23NO2. The summed E-state index contributed by atoms with van der Waals surface area (Å²) in [7, 11) is 0. The number of para-hydroxylation sites is 1. The Kier molecular flexibility index (Phi) is 4.18. The summed E-state index contributed by atoms with van der Waals surface area (Å²) in [6, 6.07) is 15.9. The van der Waals surface area contributed by atoms with E-state index in [4.69, 9.17) is 4.42 Å². The smallest absolute Gasteiger partial charge is 0.228 e. The van der Waals surface area contributed by atoms with Gasteiger partial charge < -0.3 is 9.73 Å². The fourth-order valence-corrected chi connectivity index (χ4v) is 2.86. The molecule has 0 unspecified atom stereocenters. The van der Waals surface area contributed by atoms with Gasteiger partial charge in [0.15, 0.2) is 0 Å². The second kappa shape index (κ2) is 6.16. The predicted molar refractivity (Wildman–Crippen MR) is 98.4 cm³/mol. The van der Waals surface area contributed by atoms with Crippen LogP contribution in [0.2, 0.25) is 0 Å². The minimum absolute atomic E-state index is 0.0341. The van der Waals surface area contributed by atoms with Crippen LogP contribution in [0.25, 0.3) is 11.0 Å². The Morgan fingerprint density at radius 2 is 1.71 bits per heavy atom. The Morgan fingerprint density at radius 3 is 2.38 bits per heavy atom. The molecule has 1 N–H and O–H groups in total. The maximum absolute atomic E-state index is 12.4. The fraction of sp³-hybridized carbons (Fsp3) is 0.286. The molecule has 1 amide bonds. The van der Waals surface area contributed by atoms with E-state index in [2.05, 4.69) is 38.2 Å². The highest BCUT2D eigenvalue weighted by atomic mass is 16.3.